The van der Waals surface area contributed by atoms with Gasteiger partial charge in [0.25, 0.3) is 5.56 Å². The second-order valence-electron chi connectivity index (χ2n) is 18.5. The Morgan fingerprint density at radius 1 is 0.826 bits per heavy atom. The molecule has 3 amide bonds. The Bertz CT molecular complexity index is 2590. The molecule has 0 bridgehead atoms. The molecule has 1 unspecified atom stereocenters. The molecule has 0 radical (unpaired) electrons. The van der Waals surface area contributed by atoms with Crippen molar-refractivity contribution in [3.05, 3.63) is 29.3 Å². The van der Waals surface area contributed by atoms with Gasteiger partial charge < -0.3 is 69.6 Å². The Labute approximate surface area is 394 Å². The van der Waals surface area contributed by atoms with E-state index < -0.39 is 100 Å². The molecular formula is C39H62N15O14P+2. The summed E-state index contributed by atoms with van der Waals surface area (Å²) >= 11 is 0. The van der Waals surface area contributed by atoms with Gasteiger partial charge in [-0.3, -0.25) is 42.8 Å². The van der Waals surface area contributed by atoms with Crippen molar-refractivity contribution >= 4 is 71.2 Å². The molecule has 69 heavy (non-hydrogen) atoms. The second-order valence-corrected chi connectivity index (χ2v) is 19.9. The number of likely N-dealkylation sites (N-methyl/N-ethyl adjacent to an activating group) is 1. The van der Waals surface area contributed by atoms with E-state index in [1.165, 1.54) is 26.7 Å². The maximum Gasteiger partial charge on any atom is 0.472 e. The Balaban J connectivity index is 1.31. The summed E-state index contributed by atoms with van der Waals surface area (Å²) in [5, 5.41) is 35.3. The first-order chi connectivity index (χ1) is 32.2. The smallest absolute Gasteiger partial charge is 0.388 e. The van der Waals surface area contributed by atoms with Gasteiger partial charge in [-0.25, -0.2) is 24.5 Å². The summed E-state index contributed by atoms with van der Waals surface area (Å²) in [6.45, 7) is -2.97. The minimum atomic E-state index is -4.59. The quantitative estimate of drug-likeness (QED) is 0.0228. The number of nitrogens with two attached hydrogens (primary N) is 2. The number of hydrogen-bond acceptors (Lipinski definition) is 20. The number of phosphoric acid groups is 1. The van der Waals surface area contributed by atoms with Gasteiger partial charge in [0.15, 0.2) is 34.2 Å². The second kappa shape index (κ2) is 22.7. The van der Waals surface area contributed by atoms with Crippen LogP contribution in [0.25, 0.3) is 22.3 Å². The third-order valence-electron chi connectivity index (χ3n) is 10.8. The molecular weight excluding hydrogens is 933 g/mol. The van der Waals surface area contributed by atoms with Crippen molar-refractivity contribution in [2.75, 3.05) is 113 Å². The van der Waals surface area contributed by atoms with Gasteiger partial charge in [0, 0.05) is 19.5 Å². The van der Waals surface area contributed by atoms with E-state index in [0.717, 1.165) is 11.2 Å². The number of ketones is 2. The lowest BCUT2D eigenvalue weighted by Gasteiger charge is -2.41. The average Bonchev–Trinajstić information content (AvgIpc) is 3.85. The Hall–Kier alpha value is -5.88. The molecule has 1 fully saturated rings. The average molecular weight is 996 g/mol. The van der Waals surface area contributed by atoms with Crippen LogP contribution in [-0.4, -0.2) is 239 Å². The van der Waals surface area contributed by atoms with Crippen LogP contribution in [0.3, 0.4) is 0 Å². The number of phosphoric ester groups is 1. The number of hydrogen-bond donors (Lipinski definition) is 8. The van der Waals surface area contributed by atoms with E-state index in [0.29, 0.717) is 22.1 Å². The topological polar surface area (TPSA) is 389 Å². The van der Waals surface area contributed by atoms with Crippen LogP contribution in [0.1, 0.15) is 12.8 Å². The molecule has 5 heterocycles. The summed E-state index contributed by atoms with van der Waals surface area (Å²) in [6, 6.07) is 0. The largest absolute Gasteiger partial charge is 0.472 e. The summed E-state index contributed by atoms with van der Waals surface area (Å²) in [5.41, 5.74) is 11.3. The molecule has 6 atom stereocenters. The highest BCUT2D eigenvalue weighted by molar-refractivity contribution is 7.47. The molecule has 10 N–H and O–H groups in total. The molecule has 30 heteroatoms. The van der Waals surface area contributed by atoms with Gasteiger partial charge in [0.1, 0.15) is 68.6 Å². The zero-order valence-corrected chi connectivity index (χ0v) is 40.1. The van der Waals surface area contributed by atoms with E-state index in [4.69, 9.17) is 25.3 Å². The fourth-order valence-electron chi connectivity index (χ4n) is 6.91. The van der Waals surface area contributed by atoms with Crippen LogP contribution in [-0.2, 0) is 55.4 Å². The lowest BCUT2D eigenvalue weighted by Crippen LogP contribution is -2.62. The van der Waals surface area contributed by atoms with Crippen molar-refractivity contribution in [3.8, 4) is 0 Å². The van der Waals surface area contributed by atoms with E-state index in [2.05, 4.69) is 35.2 Å². The van der Waals surface area contributed by atoms with Crippen molar-refractivity contribution in [2.45, 2.75) is 56.5 Å². The van der Waals surface area contributed by atoms with Gasteiger partial charge in [-0.15, -0.1) is 0 Å². The number of aliphatic hydroxyl groups is 3. The fourth-order valence-corrected chi connectivity index (χ4v) is 7.62. The number of imidazole rings is 2. The van der Waals surface area contributed by atoms with E-state index in [1.54, 1.807) is 0 Å². The minimum absolute atomic E-state index is 0.0825. The zero-order valence-electron chi connectivity index (χ0n) is 39.2. The van der Waals surface area contributed by atoms with E-state index in [1.807, 2.05) is 42.3 Å². The van der Waals surface area contributed by atoms with Crippen LogP contribution < -0.4 is 22.3 Å². The van der Waals surface area contributed by atoms with Crippen molar-refractivity contribution in [2.24, 2.45) is 0 Å². The van der Waals surface area contributed by atoms with Crippen molar-refractivity contribution in [1.82, 2.24) is 54.2 Å². The summed E-state index contributed by atoms with van der Waals surface area (Å²) in [6.07, 6.45) is -6.15. The van der Waals surface area contributed by atoms with Gasteiger partial charge >= 0.3 is 7.82 Å². The summed E-state index contributed by atoms with van der Waals surface area (Å²) in [7, 11) is 6.66. The number of nitrogens with zero attached hydrogens (tertiary/aromatic N) is 11. The maximum absolute atomic E-state index is 14.1. The Morgan fingerprint density at radius 3 is 2.12 bits per heavy atom. The maximum atomic E-state index is 14.1. The Morgan fingerprint density at radius 2 is 1.45 bits per heavy atom. The van der Waals surface area contributed by atoms with Gasteiger partial charge in [-0.05, 0) is 0 Å². The molecule has 0 spiro atoms. The SMILES string of the molecule is C[N+](C)(C)CCOP(=O)(O)OCCC(=O)[C@H]1O[C@@H](CN(CC(=O)NCCN(CC(=O)CC[N+](C)(C)C)C(=O)Cn2cnc3c(N)ncnc32)C(=O)Cn2cnc3c(=O)[nH]c(N)nc32)[C@H](O)[C@@H](O)[C@@H]1O. The highest BCUT2D eigenvalue weighted by Crippen LogP contribution is 2.43. The van der Waals surface area contributed by atoms with E-state index in [9.17, 15) is 53.5 Å². The number of nitrogens with one attached hydrogen (secondary N) is 2. The van der Waals surface area contributed by atoms with Gasteiger partial charge in [0.2, 0.25) is 23.7 Å². The number of aromatic nitrogens is 8. The third-order valence-corrected chi connectivity index (χ3v) is 11.8. The normalized spacial score (nSPS) is 19.6. The number of carbonyl (C=O) groups is 5. The monoisotopic (exact) mass is 995 g/mol. The van der Waals surface area contributed by atoms with E-state index in [-0.39, 0.29) is 79.1 Å². The van der Waals surface area contributed by atoms with Crippen LogP contribution in [0, 0.1) is 0 Å². The number of rotatable bonds is 25. The number of Topliss-reactive ketones (excluding diaryl/α,β-unsaturated/α-hetero) is 2. The van der Waals surface area contributed by atoms with Gasteiger partial charge in [-0.1, -0.05) is 0 Å². The lowest BCUT2D eigenvalue weighted by atomic mass is 9.91. The molecule has 1 aliphatic rings. The summed E-state index contributed by atoms with van der Waals surface area (Å²) in [5.74, 6) is -3.51. The predicted octanol–water partition coefficient (Wildman–Crippen LogP) is -4.79. The number of nitrogen functional groups attached to an aromatic ring is 2. The molecule has 1 saturated heterocycles. The number of carbonyl (C=O) groups excluding carboxylic acids is 5. The van der Waals surface area contributed by atoms with Crippen molar-refractivity contribution in [3.63, 3.8) is 0 Å². The molecule has 29 nitrogen and oxygen atoms in total. The standard InChI is InChI=1S/C39H60N15O14P/c1-53(2,3)11-7-23(55)15-49(27(58)18-51-21-45-29-35(40)43-20-44-36(29)51)10-9-42-26(57)17-50(28(59)19-52-22-46-30-37(52)47-39(41)48-38(30)63)16-25-31(60)32(61)33(62)34(68-25)24(56)8-13-66-69(64,65)67-14-12-54(4,5)6/h20-22,25,31-34,60-62H,7-19H2,1-6H3,(H5-2,40,41,42,43,44,47,48,57,63,64,65)/p+2/t25-,31-,32+,33-,34+/m0/s1. The molecule has 5 rings (SSSR count). The van der Waals surface area contributed by atoms with E-state index >= 15 is 0 Å². The van der Waals surface area contributed by atoms with Crippen LogP contribution in [0.15, 0.2) is 23.8 Å². The third kappa shape index (κ3) is 15.3. The Kier molecular flexibility index (Phi) is 17.8. The van der Waals surface area contributed by atoms with Crippen molar-refractivity contribution < 1.29 is 71.5 Å². The molecule has 1 aliphatic heterocycles. The number of amides is 3. The number of ether oxygens (including phenoxy) is 1. The molecule has 380 valence electrons. The minimum Gasteiger partial charge on any atom is -0.388 e. The zero-order chi connectivity index (χ0) is 51.0. The molecule has 0 aromatic carbocycles. The number of fused-ring (bicyclic) bond motifs is 2. The van der Waals surface area contributed by atoms with Crippen LogP contribution in [0.2, 0.25) is 0 Å². The number of quaternary nitrogens is 2. The highest BCUT2D eigenvalue weighted by atomic mass is 31.2. The first kappa shape index (κ1) is 54.1. The lowest BCUT2D eigenvalue weighted by molar-refractivity contribution is -0.870. The molecule has 0 aliphatic carbocycles. The first-order valence-corrected chi connectivity index (χ1v) is 23.1. The molecule has 4 aromatic heterocycles. The summed E-state index contributed by atoms with van der Waals surface area (Å²) < 4.78 is 31.6. The number of anilines is 2. The number of H-pyrrole nitrogens is 1. The van der Waals surface area contributed by atoms with Crippen LogP contribution in [0.5, 0.6) is 0 Å². The van der Waals surface area contributed by atoms with Crippen LogP contribution in [0.4, 0.5) is 11.8 Å². The van der Waals surface area contributed by atoms with Gasteiger partial charge in [-0.2, -0.15) is 4.98 Å². The molecule has 4 aromatic rings. The number of aromatic amines is 1. The van der Waals surface area contributed by atoms with Crippen LogP contribution >= 0.6 is 7.82 Å². The number of aliphatic hydroxyl groups excluding tert-OH is 3. The first-order valence-electron chi connectivity index (χ1n) is 21.6. The van der Waals surface area contributed by atoms with Crippen molar-refractivity contribution in [1.29, 1.82) is 0 Å². The molecule has 0 saturated carbocycles. The summed E-state index contributed by atoms with van der Waals surface area (Å²) in [4.78, 5) is 115. The highest BCUT2D eigenvalue weighted by Gasteiger charge is 2.47. The predicted molar refractivity (Wildman–Crippen MR) is 242 cm³/mol. The fraction of sp³-hybridized carbons (Fsp3) is 0.615. The van der Waals surface area contributed by atoms with Gasteiger partial charge in [0.05, 0.1) is 94.1 Å².